The fraction of sp³-hybridized carbons (Fsp3) is 0.609. The largest absolute Gasteiger partial charge is 0.444 e. The van der Waals surface area contributed by atoms with Gasteiger partial charge in [-0.3, -0.25) is 0 Å². The third kappa shape index (κ3) is 5.30. The number of likely N-dealkylation sites (tertiary alicyclic amines) is 1. The van der Waals surface area contributed by atoms with Crippen LogP contribution in [-0.2, 0) is 16.8 Å². The van der Waals surface area contributed by atoms with Gasteiger partial charge in [-0.1, -0.05) is 18.2 Å². The Morgan fingerprint density at radius 1 is 1.24 bits per heavy atom. The molecule has 29 heavy (non-hydrogen) atoms. The van der Waals surface area contributed by atoms with Crippen LogP contribution in [0.1, 0.15) is 50.5 Å². The quantitative estimate of drug-likeness (QED) is 0.770. The van der Waals surface area contributed by atoms with Gasteiger partial charge in [0.15, 0.2) is 0 Å². The summed E-state index contributed by atoms with van der Waals surface area (Å²) in [4.78, 5) is 17.4. The second-order valence-electron chi connectivity index (χ2n) is 9.31. The molecule has 1 aliphatic rings. The van der Waals surface area contributed by atoms with Crippen LogP contribution in [0.2, 0.25) is 0 Å². The van der Waals surface area contributed by atoms with Gasteiger partial charge < -0.3 is 19.6 Å². The van der Waals surface area contributed by atoms with Crippen molar-refractivity contribution in [1.82, 2.24) is 9.80 Å². The van der Waals surface area contributed by atoms with Crippen molar-refractivity contribution < 1.29 is 14.6 Å². The second-order valence-corrected chi connectivity index (χ2v) is 10.4. The SMILES string of the molecule is CN(C)CCCc1c(C2(O)CCN(C(=O)OC(C)(C)C)CC2)sc2ccccc12. The van der Waals surface area contributed by atoms with Crippen molar-refractivity contribution in [3.8, 4) is 0 Å². The maximum absolute atomic E-state index is 12.4. The highest BCUT2D eigenvalue weighted by atomic mass is 32.1. The molecule has 1 amide bonds. The molecule has 6 heteroatoms. The van der Waals surface area contributed by atoms with E-state index in [0.29, 0.717) is 25.9 Å². The molecule has 1 aliphatic heterocycles. The number of carbonyl (C=O) groups excluding carboxylic acids is 1. The number of amides is 1. The molecule has 2 heterocycles. The van der Waals surface area contributed by atoms with E-state index in [-0.39, 0.29) is 6.09 Å². The van der Waals surface area contributed by atoms with Gasteiger partial charge in [0.25, 0.3) is 0 Å². The summed E-state index contributed by atoms with van der Waals surface area (Å²) in [6.07, 6.45) is 2.80. The topological polar surface area (TPSA) is 53.0 Å². The normalized spacial score (nSPS) is 17.1. The summed E-state index contributed by atoms with van der Waals surface area (Å²) in [5.74, 6) is 0. The Bertz CT molecular complexity index is 845. The first-order chi connectivity index (χ1) is 13.6. The molecule has 1 saturated heterocycles. The lowest BCUT2D eigenvalue weighted by Gasteiger charge is -2.38. The highest BCUT2D eigenvalue weighted by molar-refractivity contribution is 7.19. The van der Waals surface area contributed by atoms with Crippen molar-refractivity contribution in [2.24, 2.45) is 0 Å². The molecule has 1 aromatic carbocycles. The number of hydrogen-bond donors (Lipinski definition) is 1. The summed E-state index contributed by atoms with van der Waals surface area (Å²) in [5, 5.41) is 12.8. The van der Waals surface area contributed by atoms with Crippen LogP contribution < -0.4 is 0 Å². The highest BCUT2D eigenvalue weighted by Gasteiger charge is 2.39. The lowest BCUT2D eigenvalue weighted by atomic mass is 9.86. The van der Waals surface area contributed by atoms with E-state index in [0.717, 1.165) is 24.3 Å². The summed E-state index contributed by atoms with van der Waals surface area (Å²) in [5.41, 5.74) is -0.105. The number of carbonyl (C=O) groups is 1. The van der Waals surface area contributed by atoms with Gasteiger partial charge in [0, 0.05) is 22.7 Å². The van der Waals surface area contributed by atoms with E-state index in [1.165, 1.54) is 15.6 Å². The van der Waals surface area contributed by atoms with Crippen molar-refractivity contribution in [3.63, 3.8) is 0 Å². The van der Waals surface area contributed by atoms with Gasteiger partial charge in [-0.05, 0) is 84.1 Å². The van der Waals surface area contributed by atoms with Crippen molar-refractivity contribution in [3.05, 3.63) is 34.7 Å². The molecular weight excluding hydrogens is 384 g/mol. The Kier molecular flexibility index (Phi) is 6.56. The van der Waals surface area contributed by atoms with Crippen molar-refractivity contribution >= 4 is 27.5 Å². The molecule has 5 nitrogen and oxygen atoms in total. The average Bonchev–Trinajstić information content (AvgIpc) is 3.00. The molecule has 2 aromatic rings. The highest BCUT2D eigenvalue weighted by Crippen LogP contribution is 2.43. The van der Waals surface area contributed by atoms with Crippen LogP contribution in [0.5, 0.6) is 0 Å². The number of benzene rings is 1. The number of aliphatic hydroxyl groups is 1. The minimum Gasteiger partial charge on any atom is -0.444 e. The molecule has 1 aromatic heterocycles. The summed E-state index contributed by atoms with van der Waals surface area (Å²) < 4.78 is 6.73. The number of fused-ring (bicyclic) bond motifs is 1. The van der Waals surface area contributed by atoms with Crippen molar-refractivity contribution in [2.75, 3.05) is 33.7 Å². The Morgan fingerprint density at radius 3 is 2.52 bits per heavy atom. The van der Waals surface area contributed by atoms with Crippen LogP contribution in [0.25, 0.3) is 10.1 Å². The number of piperidine rings is 1. The Labute approximate surface area is 178 Å². The van der Waals surface area contributed by atoms with Gasteiger partial charge in [0.05, 0.1) is 0 Å². The summed E-state index contributed by atoms with van der Waals surface area (Å²) in [7, 11) is 4.18. The van der Waals surface area contributed by atoms with Crippen LogP contribution in [0.4, 0.5) is 4.79 Å². The number of nitrogens with zero attached hydrogens (tertiary/aromatic N) is 2. The van der Waals surface area contributed by atoms with E-state index in [1.807, 2.05) is 20.8 Å². The Balaban J connectivity index is 1.80. The van der Waals surface area contributed by atoms with Gasteiger partial charge in [-0.15, -0.1) is 11.3 Å². The van der Waals surface area contributed by atoms with Crippen LogP contribution in [-0.4, -0.2) is 60.3 Å². The number of aryl methyl sites for hydroxylation is 1. The lowest BCUT2D eigenvalue weighted by Crippen LogP contribution is -2.46. The zero-order chi connectivity index (χ0) is 21.2. The molecule has 0 spiro atoms. The smallest absolute Gasteiger partial charge is 0.410 e. The molecule has 1 N–H and O–H groups in total. The zero-order valence-corrected chi connectivity index (χ0v) is 19.1. The Morgan fingerprint density at radius 2 is 1.90 bits per heavy atom. The molecule has 0 saturated carbocycles. The van der Waals surface area contributed by atoms with Gasteiger partial charge in [0.1, 0.15) is 11.2 Å². The van der Waals surface area contributed by atoms with Crippen LogP contribution in [0.15, 0.2) is 24.3 Å². The van der Waals surface area contributed by atoms with Crippen LogP contribution in [0.3, 0.4) is 0 Å². The minimum absolute atomic E-state index is 0.290. The molecule has 160 valence electrons. The second kappa shape index (κ2) is 8.62. The summed E-state index contributed by atoms with van der Waals surface area (Å²) >= 11 is 1.71. The predicted molar refractivity (Wildman–Crippen MR) is 120 cm³/mol. The molecule has 3 rings (SSSR count). The molecular formula is C23H34N2O3S. The van der Waals surface area contributed by atoms with E-state index in [4.69, 9.17) is 4.74 Å². The standard InChI is InChI=1S/C23H34N2O3S/c1-22(2,3)28-21(26)25-15-12-23(27,13-16-25)20-18(10-8-14-24(4)5)17-9-6-7-11-19(17)29-20/h6-7,9,11,27H,8,10,12-16H2,1-5H3. The van der Waals surface area contributed by atoms with Gasteiger partial charge in [0.2, 0.25) is 0 Å². The number of ether oxygens (including phenoxy) is 1. The molecule has 0 unspecified atom stereocenters. The first-order valence-corrected chi connectivity index (χ1v) is 11.3. The van der Waals surface area contributed by atoms with E-state index in [2.05, 4.69) is 43.3 Å². The van der Waals surface area contributed by atoms with Gasteiger partial charge in [-0.2, -0.15) is 0 Å². The van der Waals surface area contributed by atoms with E-state index < -0.39 is 11.2 Å². The monoisotopic (exact) mass is 418 g/mol. The zero-order valence-electron chi connectivity index (χ0n) is 18.3. The average molecular weight is 419 g/mol. The van der Waals surface area contributed by atoms with E-state index >= 15 is 0 Å². The number of rotatable bonds is 5. The van der Waals surface area contributed by atoms with Crippen LogP contribution >= 0.6 is 11.3 Å². The lowest BCUT2D eigenvalue weighted by molar-refractivity contribution is -0.0338. The molecule has 1 fully saturated rings. The molecule has 0 radical (unpaired) electrons. The first kappa shape index (κ1) is 22.1. The Hall–Kier alpha value is -1.63. The summed E-state index contributed by atoms with van der Waals surface area (Å²) in [6, 6.07) is 8.43. The van der Waals surface area contributed by atoms with E-state index in [1.54, 1.807) is 16.2 Å². The number of hydrogen-bond acceptors (Lipinski definition) is 5. The summed E-state index contributed by atoms with van der Waals surface area (Å²) in [6.45, 7) is 7.68. The van der Waals surface area contributed by atoms with Gasteiger partial charge in [-0.25, -0.2) is 4.79 Å². The maximum Gasteiger partial charge on any atom is 0.410 e. The molecule has 0 atom stereocenters. The van der Waals surface area contributed by atoms with E-state index in [9.17, 15) is 9.90 Å². The molecule has 0 aliphatic carbocycles. The number of thiophene rings is 1. The fourth-order valence-electron chi connectivity index (χ4n) is 3.91. The molecule has 0 bridgehead atoms. The van der Waals surface area contributed by atoms with Crippen LogP contribution in [0, 0.1) is 0 Å². The van der Waals surface area contributed by atoms with Crippen molar-refractivity contribution in [1.29, 1.82) is 0 Å². The first-order valence-electron chi connectivity index (χ1n) is 10.4. The third-order valence-corrected chi connectivity index (χ3v) is 6.80. The predicted octanol–water partition coefficient (Wildman–Crippen LogP) is 4.61. The van der Waals surface area contributed by atoms with Gasteiger partial charge >= 0.3 is 6.09 Å². The maximum atomic E-state index is 12.4. The minimum atomic E-state index is -0.879. The third-order valence-electron chi connectivity index (χ3n) is 5.40. The fourth-order valence-corrected chi connectivity index (χ4v) is 5.30. The van der Waals surface area contributed by atoms with Crippen molar-refractivity contribution in [2.45, 2.75) is 57.7 Å².